The van der Waals surface area contributed by atoms with E-state index in [9.17, 15) is 29.6 Å². The van der Waals surface area contributed by atoms with Crippen molar-refractivity contribution in [2.45, 2.75) is 6.61 Å². The Kier molecular flexibility index (Phi) is 6.79. The van der Waals surface area contributed by atoms with Gasteiger partial charge in [0.1, 0.15) is 5.75 Å². The van der Waals surface area contributed by atoms with E-state index in [1.807, 2.05) is 0 Å². The summed E-state index contributed by atoms with van der Waals surface area (Å²) in [4.78, 5) is 49.5. The largest absolute Gasteiger partial charge is 0.508 e. The Labute approximate surface area is 162 Å². The van der Waals surface area contributed by atoms with E-state index in [1.54, 1.807) is 0 Å². The van der Waals surface area contributed by atoms with Crippen molar-refractivity contribution in [3.05, 3.63) is 68.8 Å². The molecule has 2 aromatic carbocycles. The number of hydroxylamine groups is 1. The molecule has 29 heavy (non-hydrogen) atoms. The number of rotatable bonds is 9. The number of aromatic hydroxyl groups is 1. The van der Waals surface area contributed by atoms with Gasteiger partial charge in [0.15, 0.2) is 0 Å². The number of hydrogen-bond acceptors (Lipinski definition) is 8. The molecule has 2 rings (SSSR count). The van der Waals surface area contributed by atoms with Crippen LogP contribution in [0.25, 0.3) is 0 Å². The molecule has 0 spiro atoms. The van der Waals surface area contributed by atoms with Gasteiger partial charge in [-0.2, -0.15) is 5.48 Å². The van der Waals surface area contributed by atoms with Crippen molar-refractivity contribution in [2.75, 3.05) is 6.67 Å². The molecule has 12 nitrogen and oxygen atoms in total. The zero-order valence-electron chi connectivity index (χ0n) is 14.6. The summed E-state index contributed by atoms with van der Waals surface area (Å²) in [7, 11) is 0. The summed E-state index contributed by atoms with van der Waals surface area (Å²) in [5.74, 6) is -3.79. The van der Waals surface area contributed by atoms with Crippen molar-refractivity contribution in [3.63, 3.8) is 0 Å². The summed E-state index contributed by atoms with van der Waals surface area (Å²) in [5, 5.41) is 40.6. The third-order valence-electron chi connectivity index (χ3n) is 3.66. The van der Waals surface area contributed by atoms with Crippen LogP contribution in [-0.4, -0.2) is 44.8 Å². The molecule has 0 radical (unpaired) electrons. The molecule has 0 heterocycles. The van der Waals surface area contributed by atoms with Crippen molar-refractivity contribution in [1.82, 2.24) is 10.8 Å². The summed E-state index contributed by atoms with van der Waals surface area (Å²) >= 11 is 0. The number of nitrogens with one attached hydrogen (secondary N) is 2. The van der Waals surface area contributed by atoms with Gasteiger partial charge < -0.3 is 20.6 Å². The van der Waals surface area contributed by atoms with Crippen molar-refractivity contribution in [1.29, 1.82) is 0 Å². The van der Waals surface area contributed by atoms with E-state index in [4.69, 9.17) is 15.1 Å². The molecule has 0 atom stereocenters. The summed E-state index contributed by atoms with van der Waals surface area (Å²) in [6.45, 7) is -0.467. The maximum Gasteiger partial charge on any atom is 0.336 e. The van der Waals surface area contributed by atoms with Crippen LogP contribution in [0.4, 0.5) is 5.69 Å². The number of non-ortho nitro benzene ring substituents is 1. The summed E-state index contributed by atoms with van der Waals surface area (Å²) < 4.78 is 0. The Morgan fingerprint density at radius 2 is 1.69 bits per heavy atom. The van der Waals surface area contributed by atoms with E-state index < -0.39 is 34.0 Å². The second kappa shape index (κ2) is 9.25. The van der Waals surface area contributed by atoms with Gasteiger partial charge in [-0.15, -0.1) is 0 Å². The second-order valence-corrected chi connectivity index (χ2v) is 5.55. The lowest BCUT2D eigenvalue weighted by Crippen LogP contribution is -2.34. The first-order valence-electron chi connectivity index (χ1n) is 7.90. The van der Waals surface area contributed by atoms with Crippen LogP contribution in [0.2, 0.25) is 0 Å². The number of benzene rings is 2. The fourth-order valence-corrected chi connectivity index (χ4v) is 2.30. The lowest BCUT2D eigenvalue weighted by atomic mass is 10.1. The fourth-order valence-electron chi connectivity index (χ4n) is 2.30. The molecule has 1 amide bonds. The van der Waals surface area contributed by atoms with Crippen LogP contribution in [0.15, 0.2) is 36.4 Å². The number of hydrogen-bond donors (Lipinski definition) is 5. The highest BCUT2D eigenvalue weighted by atomic mass is 16.6. The lowest BCUT2D eigenvalue weighted by molar-refractivity contribution is -0.384. The molecule has 0 aliphatic carbocycles. The van der Waals surface area contributed by atoms with Crippen LogP contribution in [0.1, 0.15) is 36.6 Å². The van der Waals surface area contributed by atoms with E-state index in [2.05, 4.69) is 10.8 Å². The van der Waals surface area contributed by atoms with E-state index in [0.717, 1.165) is 24.3 Å². The number of carboxylic acids is 2. The highest BCUT2D eigenvalue weighted by molar-refractivity contribution is 6.05. The Bertz CT molecular complexity index is 975. The molecule has 12 heteroatoms. The molecule has 2 aromatic rings. The molecular formula is C17H15N3O9. The first-order valence-corrected chi connectivity index (χ1v) is 7.90. The Morgan fingerprint density at radius 1 is 1.00 bits per heavy atom. The number of nitro groups is 1. The van der Waals surface area contributed by atoms with Crippen molar-refractivity contribution < 1.29 is 39.5 Å². The quantitative estimate of drug-likeness (QED) is 0.175. The van der Waals surface area contributed by atoms with E-state index >= 15 is 0 Å². The third kappa shape index (κ3) is 5.47. The predicted molar refractivity (Wildman–Crippen MR) is 95.4 cm³/mol. The second-order valence-electron chi connectivity index (χ2n) is 5.55. The molecule has 5 N–H and O–H groups in total. The number of nitrogens with zero attached hydrogens (tertiary/aromatic N) is 1. The minimum Gasteiger partial charge on any atom is -0.508 e. The molecule has 0 fully saturated rings. The number of aromatic carboxylic acids is 2. The lowest BCUT2D eigenvalue weighted by Gasteiger charge is -2.10. The summed E-state index contributed by atoms with van der Waals surface area (Å²) in [6.07, 6.45) is 0. The number of phenolic OH excluding ortho intramolecular Hbond substituents is 1. The maximum atomic E-state index is 12.1. The van der Waals surface area contributed by atoms with Crippen LogP contribution < -0.4 is 10.8 Å². The fraction of sp³-hybridized carbons (Fsp3) is 0.118. The van der Waals surface area contributed by atoms with Gasteiger partial charge in [0.25, 0.3) is 11.6 Å². The topological polar surface area (TPSA) is 188 Å². The summed E-state index contributed by atoms with van der Waals surface area (Å²) in [6, 6.07) is 6.51. The molecular weight excluding hydrogens is 390 g/mol. The molecule has 0 saturated heterocycles. The predicted octanol–water partition coefficient (Wildman–Crippen LogP) is 1.11. The van der Waals surface area contributed by atoms with Crippen molar-refractivity contribution in [3.8, 4) is 5.75 Å². The maximum absolute atomic E-state index is 12.1. The minimum atomic E-state index is -1.50. The first-order chi connectivity index (χ1) is 13.7. The molecule has 0 bridgehead atoms. The number of phenols is 1. The van der Waals surface area contributed by atoms with Gasteiger partial charge >= 0.3 is 11.9 Å². The minimum absolute atomic E-state index is 0.159. The van der Waals surface area contributed by atoms with Gasteiger partial charge in [0, 0.05) is 12.1 Å². The Balaban J connectivity index is 1.94. The molecule has 152 valence electrons. The van der Waals surface area contributed by atoms with Gasteiger partial charge in [-0.25, -0.2) is 9.59 Å². The van der Waals surface area contributed by atoms with Crippen LogP contribution >= 0.6 is 0 Å². The zero-order valence-corrected chi connectivity index (χ0v) is 14.6. The smallest absolute Gasteiger partial charge is 0.336 e. The van der Waals surface area contributed by atoms with E-state index in [1.165, 1.54) is 12.1 Å². The van der Waals surface area contributed by atoms with Gasteiger partial charge in [-0.1, -0.05) is 6.07 Å². The van der Waals surface area contributed by atoms with Crippen molar-refractivity contribution in [2.24, 2.45) is 0 Å². The van der Waals surface area contributed by atoms with E-state index in [-0.39, 0.29) is 35.7 Å². The van der Waals surface area contributed by atoms with Crippen LogP contribution in [0, 0.1) is 10.1 Å². The van der Waals surface area contributed by atoms with Gasteiger partial charge in [-0.05, 0) is 23.8 Å². The number of carbonyl (C=O) groups excluding carboxylic acids is 1. The van der Waals surface area contributed by atoms with Gasteiger partial charge in [0.05, 0.1) is 34.9 Å². The molecule has 0 aliphatic heterocycles. The third-order valence-corrected chi connectivity index (χ3v) is 3.66. The highest BCUT2D eigenvalue weighted by Gasteiger charge is 2.20. The van der Waals surface area contributed by atoms with Crippen LogP contribution in [-0.2, 0) is 11.4 Å². The van der Waals surface area contributed by atoms with Crippen LogP contribution in [0.3, 0.4) is 0 Å². The van der Waals surface area contributed by atoms with E-state index in [0.29, 0.717) is 0 Å². The Hall–Kier alpha value is -4.03. The average molecular weight is 405 g/mol. The number of carbonyl (C=O) groups is 3. The SMILES string of the molecule is O=C(O)c1cc(O)ccc1CONCNC(=O)c1ccc([N+](=O)[O-])cc1C(=O)O. The van der Waals surface area contributed by atoms with Gasteiger partial charge in [0.2, 0.25) is 0 Å². The molecule has 0 unspecified atom stereocenters. The molecule has 0 aromatic heterocycles. The highest BCUT2D eigenvalue weighted by Crippen LogP contribution is 2.19. The normalized spacial score (nSPS) is 10.3. The average Bonchev–Trinajstić information content (AvgIpc) is 2.67. The number of nitro benzene ring substituents is 1. The first kappa shape index (κ1) is 21.3. The zero-order chi connectivity index (χ0) is 21.6. The standard InChI is InChI=1S/C17H15N3O9/c21-11-3-1-9(13(6-11)16(23)24)7-29-19-8-18-15(22)12-4-2-10(20(27)28)5-14(12)17(25)26/h1-6,19,21H,7-8H2,(H,18,22)(H,23,24)(H,25,26). The van der Waals surface area contributed by atoms with Crippen molar-refractivity contribution >= 4 is 23.5 Å². The Morgan fingerprint density at radius 3 is 2.31 bits per heavy atom. The summed E-state index contributed by atoms with van der Waals surface area (Å²) in [5.41, 5.74) is 1.17. The van der Waals surface area contributed by atoms with Gasteiger partial charge in [-0.3, -0.25) is 19.7 Å². The monoisotopic (exact) mass is 405 g/mol. The molecule has 0 aliphatic rings. The number of carboxylic acid groups (broad SMARTS) is 2. The van der Waals surface area contributed by atoms with Crippen LogP contribution in [0.5, 0.6) is 5.75 Å². The number of amides is 1. The molecule has 0 saturated carbocycles.